The third-order valence-electron chi connectivity index (χ3n) is 7.17. The number of carbonyl (C=O) groups is 3. The molecule has 2 aliphatic rings. The van der Waals surface area contributed by atoms with Crippen LogP contribution in [0.15, 0.2) is 52.7 Å². The highest BCUT2D eigenvalue weighted by molar-refractivity contribution is 7.94. The Labute approximate surface area is 247 Å². The predicted molar refractivity (Wildman–Crippen MR) is 157 cm³/mol. The predicted octanol–water partition coefficient (Wildman–Crippen LogP) is 4.75. The summed E-state index contributed by atoms with van der Waals surface area (Å²) in [5.41, 5.74) is 1.74. The number of sulfone groups is 1. The van der Waals surface area contributed by atoms with Crippen LogP contribution in [0.5, 0.6) is 0 Å². The van der Waals surface area contributed by atoms with Gasteiger partial charge in [0.2, 0.25) is 5.91 Å². The lowest BCUT2D eigenvalue weighted by molar-refractivity contribution is -0.118. The number of carbonyl (C=O) groups excluding carboxylic acids is 3. The summed E-state index contributed by atoms with van der Waals surface area (Å²) in [7, 11) is -3.86. The van der Waals surface area contributed by atoms with Crippen LogP contribution in [-0.2, 0) is 32.3 Å². The van der Waals surface area contributed by atoms with E-state index in [2.05, 4.69) is 10.2 Å². The summed E-state index contributed by atoms with van der Waals surface area (Å²) in [6, 6.07) is 11.7. The molecule has 3 heterocycles. The number of imide groups is 1. The first kappa shape index (κ1) is 29.4. The van der Waals surface area contributed by atoms with E-state index in [1.807, 2.05) is 0 Å². The average molecular weight is 618 g/mol. The van der Waals surface area contributed by atoms with E-state index in [9.17, 15) is 22.8 Å². The molecule has 1 saturated heterocycles. The fourth-order valence-electron chi connectivity index (χ4n) is 5.19. The molecule has 216 valence electrons. The van der Waals surface area contributed by atoms with Crippen LogP contribution < -0.4 is 10.2 Å². The van der Waals surface area contributed by atoms with Crippen molar-refractivity contribution in [1.82, 2.24) is 4.90 Å². The number of halogens is 2. The molecule has 1 N–H and O–H groups in total. The Balaban J connectivity index is 1.22. The van der Waals surface area contributed by atoms with Gasteiger partial charge in [0, 0.05) is 24.2 Å². The van der Waals surface area contributed by atoms with E-state index in [1.165, 1.54) is 37.1 Å². The molecule has 2 amide bonds. The molecule has 0 radical (unpaired) electrons. The van der Waals surface area contributed by atoms with Crippen molar-refractivity contribution in [2.75, 3.05) is 42.1 Å². The van der Waals surface area contributed by atoms with E-state index in [0.717, 1.165) is 60.6 Å². The van der Waals surface area contributed by atoms with Crippen molar-refractivity contribution in [3.8, 4) is 0 Å². The molecule has 1 aromatic heterocycles. The van der Waals surface area contributed by atoms with Crippen molar-refractivity contribution in [1.29, 1.82) is 0 Å². The second-order valence-electron chi connectivity index (χ2n) is 10.2. The fourth-order valence-corrected chi connectivity index (χ4v) is 8.00. The maximum Gasteiger partial charge on any atom is 0.265 e. The van der Waals surface area contributed by atoms with E-state index in [0.29, 0.717) is 15.5 Å². The number of thiophene rings is 1. The quantitative estimate of drug-likeness (QED) is 0.245. The minimum atomic E-state index is -3.86. The van der Waals surface area contributed by atoms with Gasteiger partial charge < -0.3 is 10.2 Å². The number of Topliss-reactive ketones (excluding diaryl/α,β-unsaturated/α-hetero) is 1. The van der Waals surface area contributed by atoms with Crippen molar-refractivity contribution in [2.45, 2.75) is 36.3 Å². The number of nitrogens with zero attached hydrogens (tertiary/aromatic N) is 2. The molecular formula is C29H29ClFN3O5S2. The van der Waals surface area contributed by atoms with E-state index in [-0.39, 0.29) is 28.3 Å². The van der Waals surface area contributed by atoms with Gasteiger partial charge in [-0.25, -0.2) is 17.7 Å². The molecule has 3 aromatic rings. The Bertz CT molecular complexity index is 1600. The summed E-state index contributed by atoms with van der Waals surface area (Å²) in [4.78, 5) is 41.9. The molecule has 0 aliphatic carbocycles. The summed E-state index contributed by atoms with van der Waals surface area (Å²) in [5.74, 6) is -3.41. The Hall–Kier alpha value is -3.12. The first-order valence-corrected chi connectivity index (χ1v) is 16.2. The van der Waals surface area contributed by atoms with Gasteiger partial charge in [0.15, 0.2) is 15.6 Å². The van der Waals surface area contributed by atoms with E-state index < -0.39 is 39.0 Å². The first-order valence-electron chi connectivity index (χ1n) is 13.4. The van der Waals surface area contributed by atoms with E-state index >= 15 is 4.39 Å². The fraction of sp³-hybridized carbons (Fsp3) is 0.345. The third-order valence-corrected chi connectivity index (χ3v) is 10.7. The van der Waals surface area contributed by atoms with Gasteiger partial charge >= 0.3 is 0 Å². The number of rotatable bonds is 11. The van der Waals surface area contributed by atoms with Gasteiger partial charge in [-0.1, -0.05) is 17.7 Å². The number of anilines is 2. The zero-order valence-corrected chi connectivity index (χ0v) is 24.6. The van der Waals surface area contributed by atoms with Crippen LogP contribution in [0.2, 0.25) is 4.34 Å². The largest absolute Gasteiger partial charge is 0.385 e. The molecule has 0 unspecified atom stereocenters. The molecule has 5 rings (SSSR count). The zero-order valence-electron chi connectivity index (χ0n) is 22.2. The second-order valence-corrected chi connectivity index (χ2v) is 14.2. The van der Waals surface area contributed by atoms with Crippen LogP contribution in [-0.4, -0.2) is 62.8 Å². The standard InChI is InChI=1S/C29H29ClFN3O5S2/c30-26-8-9-28(40-26)41(38,39)18-22(35)14-19-4-7-25(24(31)15-19)34-27(36)17-20-16-21(5-6-23(20)29(34)37)32-10-3-13-33-11-1-2-12-33/h4-9,15-16,32H,1-3,10-14,17-18H2. The number of likely N-dealkylation sites (tertiary alicyclic amines) is 1. The number of benzene rings is 2. The molecule has 8 nitrogen and oxygen atoms in total. The highest BCUT2D eigenvalue weighted by Crippen LogP contribution is 2.30. The van der Waals surface area contributed by atoms with Gasteiger partial charge in [0.05, 0.1) is 16.4 Å². The first-order chi connectivity index (χ1) is 19.6. The van der Waals surface area contributed by atoms with Crippen molar-refractivity contribution in [3.05, 3.63) is 75.4 Å². The molecule has 0 saturated carbocycles. The topological polar surface area (TPSA) is 104 Å². The summed E-state index contributed by atoms with van der Waals surface area (Å²) >= 11 is 6.66. The van der Waals surface area contributed by atoms with Gasteiger partial charge in [0.1, 0.15) is 15.8 Å². The normalized spacial score (nSPS) is 15.8. The number of hydrogen-bond acceptors (Lipinski definition) is 8. The summed E-state index contributed by atoms with van der Waals surface area (Å²) in [6.45, 7) is 4.11. The highest BCUT2D eigenvalue weighted by Gasteiger charge is 2.34. The van der Waals surface area contributed by atoms with Crippen molar-refractivity contribution < 1.29 is 27.2 Å². The molecular weight excluding hydrogens is 589 g/mol. The number of fused-ring (bicyclic) bond motifs is 1. The van der Waals surface area contributed by atoms with Crippen LogP contribution in [0.1, 0.15) is 40.7 Å². The number of ketones is 1. The smallest absolute Gasteiger partial charge is 0.265 e. The lowest BCUT2D eigenvalue weighted by Gasteiger charge is -2.27. The van der Waals surface area contributed by atoms with Gasteiger partial charge in [-0.3, -0.25) is 14.4 Å². The molecule has 12 heteroatoms. The van der Waals surface area contributed by atoms with Crippen LogP contribution in [0, 0.1) is 5.82 Å². The molecule has 0 spiro atoms. The molecule has 2 aliphatic heterocycles. The van der Waals surface area contributed by atoms with Crippen molar-refractivity contribution in [2.24, 2.45) is 0 Å². The Kier molecular flexibility index (Phi) is 8.88. The van der Waals surface area contributed by atoms with Crippen LogP contribution in [0.4, 0.5) is 15.8 Å². The minimum absolute atomic E-state index is 0.0137. The second kappa shape index (κ2) is 12.4. The maximum atomic E-state index is 15.2. The van der Waals surface area contributed by atoms with Gasteiger partial charge in [-0.2, -0.15) is 0 Å². The monoisotopic (exact) mass is 617 g/mol. The Morgan fingerprint density at radius 3 is 2.54 bits per heavy atom. The van der Waals surface area contributed by atoms with Crippen molar-refractivity contribution in [3.63, 3.8) is 0 Å². The molecule has 2 aromatic carbocycles. The molecule has 1 fully saturated rings. The van der Waals surface area contributed by atoms with Crippen LogP contribution in [0.3, 0.4) is 0 Å². The Morgan fingerprint density at radius 2 is 1.83 bits per heavy atom. The maximum absolute atomic E-state index is 15.2. The average Bonchev–Trinajstić information content (AvgIpc) is 3.59. The van der Waals surface area contributed by atoms with Crippen LogP contribution >= 0.6 is 22.9 Å². The van der Waals surface area contributed by atoms with E-state index in [1.54, 1.807) is 18.2 Å². The van der Waals surface area contributed by atoms with Gasteiger partial charge in [-0.05, 0) is 92.5 Å². The third kappa shape index (κ3) is 6.86. The van der Waals surface area contributed by atoms with Gasteiger partial charge in [0.25, 0.3) is 5.91 Å². The molecule has 0 atom stereocenters. The lowest BCUT2D eigenvalue weighted by atomic mass is 9.96. The highest BCUT2D eigenvalue weighted by atomic mass is 35.5. The summed E-state index contributed by atoms with van der Waals surface area (Å²) in [5, 5.41) is 3.35. The zero-order chi connectivity index (χ0) is 29.1. The number of amides is 2. The number of hydrogen-bond donors (Lipinski definition) is 1. The summed E-state index contributed by atoms with van der Waals surface area (Å²) < 4.78 is 40.3. The summed E-state index contributed by atoms with van der Waals surface area (Å²) in [6.07, 6.45) is 3.11. The van der Waals surface area contributed by atoms with Crippen molar-refractivity contribution >= 4 is 61.7 Å². The molecule has 0 bridgehead atoms. The minimum Gasteiger partial charge on any atom is -0.385 e. The Morgan fingerprint density at radius 1 is 1.05 bits per heavy atom. The SMILES string of the molecule is O=C(Cc1ccc(N2C(=O)Cc3cc(NCCCN4CCCC4)ccc3C2=O)c(F)c1)CS(=O)(=O)c1ccc(Cl)s1. The molecule has 41 heavy (non-hydrogen) atoms. The van der Waals surface area contributed by atoms with Gasteiger partial charge in [-0.15, -0.1) is 11.3 Å². The lowest BCUT2D eigenvalue weighted by Crippen LogP contribution is -2.43. The number of nitrogens with one attached hydrogen (secondary N) is 1. The van der Waals surface area contributed by atoms with Crippen LogP contribution in [0.25, 0.3) is 0 Å². The van der Waals surface area contributed by atoms with E-state index in [4.69, 9.17) is 11.6 Å².